The van der Waals surface area contributed by atoms with Crippen molar-refractivity contribution in [2.75, 3.05) is 7.11 Å². The molecule has 0 aliphatic heterocycles. The van der Waals surface area contributed by atoms with Gasteiger partial charge in [-0.15, -0.1) is 10.2 Å². The van der Waals surface area contributed by atoms with Gasteiger partial charge in [0.05, 0.1) is 18.1 Å². The highest BCUT2D eigenvalue weighted by Crippen LogP contribution is 2.31. The fraction of sp³-hybridized carbons (Fsp3) is 0.174. The Balaban J connectivity index is 1.56. The van der Waals surface area contributed by atoms with Crippen molar-refractivity contribution in [1.29, 1.82) is 0 Å². The number of hydrogen-bond acceptors (Lipinski definition) is 5. The number of ether oxygens (including phenoxy) is 1. The van der Waals surface area contributed by atoms with Gasteiger partial charge in [-0.3, -0.25) is 4.40 Å². The van der Waals surface area contributed by atoms with E-state index in [9.17, 15) is 0 Å². The van der Waals surface area contributed by atoms with Crippen LogP contribution in [0.3, 0.4) is 0 Å². The molecule has 0 amide bonds. The highest BCUT2D eigenvalue weighted by atomic mass is 35.5. The lowest BCUT2D eigenvalue weighted by atomic mass is 10.1. The van der Waals surface area contributed by atoms with Crippen LogP contribution in [0.2, 0.25) is 5.15 Å². The number of rotatable bonds is 4. The van der Waals surface area contributed by atoms with Gasteiger partial charge >= 0.3 is 0 Å². The van der Waals surface area contributed by atoms with Crippen molar-refractivity contribution >= 4 is 50.8 Å². The predicted octanol–water partition coefficient (Wildman–Crippen LogP) is 6.00. The molecule has 3 heterocycles. The molecule has 0 spiro atoms. The second kappa shape index (κ2) is 7.45. The molecule has 0 radical (unpaired) electrons. The molecule has 0 aliphatic rings. The number of hydrogen-bond donors (Lipinski definition) is 0. The lowest BCUT2D eigenvalue weighted by Gasteiger charge is -2.10. The van der Waals surface area contributed by atoms with E-state index >= 15 is 0 Å². The van der Waals surface area contributed by atoms with Crippen LogP contribution < -0.4 is 4.74 Å². The topological polar surface area (TPSA) is 52.3 Å². The summed E-state index contributed by atoms with van der Waals surface area (Å²) in [6.07, 6.45) is 0. The molecule has 0 atom stereocenters. The number of pyridine rings is 2. The highest BCUT2D eigenvalue weighted by Gasteiger charge is 2.14. The molecule has 5 rings (SSSR count). The van der Waals surface area contributed by atoms with Crippen molar-refractivity contribution in [3.05, 3.63) is 70.4 Å². The first-order valence-electron chi connectivity index (χ1n) is 9.54. The van der Waals surface area contributed by atoms with Crippen molar-refractivity contribution in [3.8, 4) is 5.75 Å². The lowest BCUT2D eigenvalue weighted by molar-refractivity contribution is 0.415. The van der Waals surface area contributed by atoms with Crippen molar-refractivity contribution < 1.29 is 4.74 Å². The molecule has 0 bridgehead atoms. The minimum Gasteiger partial charge on any atom is -0.497 e. The molecule has 0 saturated heterocycles. The van der Waals surface area contributed by atoms with Gasteiger partial charge in [-0.1, -0.05) is 35.5 Å². The SMILES string of the molecule is COc1ccc2c(C)cc3nnc(SCc4cc5ccc(C)cc5nc4Cl)n3c2c1. The Hall–Kier alpha value is -2.83. The number of aromatic nitrogens is 4. The minimum atomic E-state index is 0.525. The third-order valence-electron chi connectivity index (χ3n) is 5.23. The molecule has 2 aromatic carbocycles. The molecule has 5 aromatic rings. The normalized spacial score (nSPS) is 11.6. The standard InChI is InChI=1S/C23H19ClN4OS/c1-13-4-5-15-10-16(22(24)25-19(15)8-13)12-30-23-27-26-21-9-14(2)18-7-6-17(29-3)11-20(18)28(21)23/h4-11H,12H2,1-3H3. The molecule has 5 nitrogen and oxygen atoms in total. The van der Waals surface area contributed by atoms with Gasteiger partial charge in [0.1, 0.15) is 10.9 Å². The summed E-state index contributed by atoms with van der Waals surface area (Å²) in [7, 11) is 1.67. The number of aryl methyl sites for hydroxylation is 2. The fourth-order valence-corrected chi connectivity index (χ4v) is 4.88. The summed E-state index contributed by atoms with van der Waals surface area (Å²) in [5.74, 6) is 1.45. The van der Waals surface area contributed by atoms with Crippen molar-refractivity contribution in [2.24, 2.45) is 0 Å². The second-order valence-corrected chi connectivity index (χ2v) is 8.61. The number of halogens is 1. The summed E-state index contributed by atoms with van der Waals surface area (Å²) in [4.78, 5) is 4.58. The Morgan fingerprint density at radius 1 is 1.03 bits per heavy atom. The van der Waals surface area contributed by atoms with Crippen molar-refractivity contribution in [3.63, 3.8) is 0 Å². The van der Waals surface area contributed by atoms with Gasteiger partial charge in [-0.2, -0.15) is 0 Å². The highest BCUT2D eigenvalue weighted by molar-refractivity contribution is 7.98. The average Bonchev–Trinajstić information content (AvgIpc) is 3.14. The summed E-state index contributed by atoms with van der Waals surface area (Å²) in [5.41, 5.74) is 6.05. The number of methoxy groups -OCH3 is 1. The van der Waals surface area contributed by atoms with E-state index in [0.29, 0.717) is 10.9 Å². The Morgan fingerprint density at radius 2 is 1.90 bits per heavy atom. The molecule has 3 aromatic heterocycles. The van der Waals surface area contributed by atoms with E-state index in [1.165, 1.54) is 5.56 Å². The van der Waals surface area contributed by atoms with Gasteiger partial charge < -0.3 is 4.74 Å². The summed E-state index contributed by atoms with van der Waals surface area (Å²) < 4.78 is 7.51. The molecular weight excluding hydrogens is 416 g/mol. The van der Waals surface area contributed by atoms with Gasteiger partial charge in [0.2, 0.25) is 0 Å². The van der Waals surface area contributed by atoms with E-state index in [1.807, 2.05) is 18.2 Å². The maximum absolute atomic E-state index is 6.49. The Kier molecular flexibility index (Phi) is 4.76. The van der Waals surface area contributed by atoms with Crippen LogP contribution in [0.5, 0.6) is 5.75 Å². The quantitative estimate of drug-likeness (QED) is 0.256. The van der Waals surface area contributed by atoms with Gasteiger partial charge in [-0.05, 0) is 55.3 Å². The molecule has 30 heavy (non-hydrogen) atoms. The van der Waals surface area contributed by atoms with Crippen LogP contribution in [0, 0.1) is 13.8 Å². The zero-order chi connectivity index (χ0) is 20.8. The van der Waals surface area contributed by atoms with E-state index < -0.39 is 0 Å². The summed E-state index contributed by atoms with van der Waals surface area (Å²) in [6, 6.07) is 16.4. The minimum absolute atomic E-state index is 0.525. The van der Waals surface area contributed by atoms with Crippen molar-refractivity contribution in [2.45, 2.75) is 24.8 Å². The van der Waals surface area contributed by atoms with Crippen LogP contribution in [0.1, 0.15) is 16.7 Å². The molecule has 0 aliphatic carbocycles. The summed E-state index contributed by atoms with van der Waals surface area (Å²) in [6.45, 7) is 4.13. The zero-order valence-electron chi connectivity index (χ0n) is 16.8. The van der Waals surface area contributed by atoms with E-state index in [1.54, 1.807) is 18.9 Å². The first-order valence-corrected chi connectivity index (χ1v) is 10.9. The van der Waals surface area contributed by atoms with Gasteiger partial charge in [0.15, 0.2) is 10.8 Å². The van der Waals surface area contributed by atoms with E-state index in [4.69, 9.17) is 16.3 Å². The first kappa shape index (κ1) is 19.2. The van der Waals surface area contributed by atoms with Crippen LogP contribution >= 0.6 is 23.4 Å². The van der Waals surface area contributed by atoms with Crippen LogP contribution in [0.15, 0.2) is 53.7 Å². The molecule has 0 saturated carbocycles. The molecule has 150 valence electrons. The monoisotopic (exact) mass is 434 g/mol. The number of fused-ring (bicyclic) bond motifs is 4. The largest absolute Gasteiger partial charge is 0.497 e. The van der Waals surface area contributed by atoms with Crippen LogP contribution in [-0.4, -0.2) is 26.7 Å². The van der Waals surface area contributed by atoms with Crippen LogP contribution in [0.4, 0.5) is 0 Å². The maximum Gasteiger partial charge on any atom is 0.196 e. The Morgan fingerprint density at radius 3 is 2.73 bits per heavy atom. The Labute approximate surface area is 183 Å². The maximum atomic E-state index is 6.49. The van der Waals surface area contributed by atoms with E-state index in [2.05, 4.69) is 63.8 Å². The van der Waals surface area contributed by atoms with E-state index in [0.717, 1.165) is 49.5 Å². The average molecular weight is 435 g/mol. The molecule has 0 N–H and O–H groups in total. The summed E-state index contributed by atoms with van der Waals surface area (Å²) >= 11 is 8.08. The molecular formula is C23H19ClN4OS. The summed E-state index contributed by atoms with van der Waals surface area (Å²) in [5, 5.41) is 12.4. The Bertz CT molecular complexity index is 1430. The number of thioether (sulfide) groups is 1. The van der Waals surface area contributed by atoms with Gasteiger partial charge in [-0.25, -0.2) is 4.98 Å². The van der Waals surface area contributed by atoms with Gasteiger partial charge in [0.25, 0.3) is 0 Å². The number of benzene rings is 2. The fourth-order valence-electron chi connectivity index (χ4n) is 3.66. The van der Waals surface area contributed by atoms with E-state index in [-0.39, 0.29) is 0 Å². The zero-order valence-corrected chi connectivity index (χ0v) is 18.4. The van der Waals surface area contributed by atoms with Gasteiger partial charge in [0, 0.05) is 28.2 Å². The second-order valence-electron chi connectivity index (χ2n) is 7.31. The predicted molar refractivity (Wildman–Crippen MR) is 123 cm³/mol. The lowest BCUT2D eigenvalue weighted by Crippen LogP contribution is -1.95. The smallest absolute Gasteiger partial charge is 0.196 e. The number of nitrogens with zero attached hydrogens (tertiary/aromatic N) is 4. The van der Waals surface area contributed by atoms with Crippen LogP contribution in [0.25, 0.3) is 27.5 Å². The third kappa shape index (κ3) is 3.26. The third-order valence-corrected chi connectivity index (χ3v) is 6.54. The molecule has 7 heteroatoms. The van der Waals surface area contributed by atoms with Crippen LogP contribution in [-0.2, 0) is 5.75 Å². The molecule has 0 fully saturated rings. The molecule has 0 unspecified atom stereocenters. The first-order chi connectivity index (χ1) is 14.5. The van der Waals surface area contributed by atoms with Crippen molar-refractivity contribution in [1.82, 2.24) is 19.6 Å².